The molecule has 21 heavy (non-hydrogen) atoms. The quantitative estimate of drug-likeness (QED) is 0.798. The first-order valence-corrected chi connectivity index (χ1v) is 7.81. The van der Waals surface area contributed by atoms with E-state index in [0.29, 0.717) is 6.42 Å². The number of carbonyl (C=O) groups is 1. The van der Waals surface area contributed by atoms with E-state index in [4.69, 9.17) is 0 Å². The first-order chi connectivity index (χ1) is 9.75. The molecule has 1 amide bonds. The first-order valence-electron chi connectivity index (χ1n) is 7.81. The molecule has 3 nitrogen and oxygen atoms in total. The Kier molecular flexibility index (Phi) is 6.41. The normalized spacial score (nSPS) is 11.8. The molecule has 1 rings (SSSR count). The van der Waals surface area contributed by atoms with Crippen LogP contribution in [0.4, 0.5) is 5.69 Å². The van der Waals surface area contributed by atoms with Gasteiger partial charge in [0.1, 0.15) is 0 Å². The second kappa shape index (κ2) is 7.60. The molecule has 0 heterocycles. The van der Waals surface area contributed by atoms with Crippen LogP contribution >= 0.6 is 0 Å². The summed E-state index contributed by atoms with van der Waals surface area (Å²) in [5, 5.41) is 0. The third-order valence-electron chi connectivity index (χ3n) is 3.64. The molecule has 0 unspecified atom stereocenters. The van der Waals surface area contributed by atoms with Crippen LogP contribution in [0.1, 0.15) is 46.1 Å². The van der Waals surface area contributed by atoms with Crippen molar-refractivity contribution in [3.05, 3.63) is 29.8 Å². The van der Waals surface area contributed by atoms with Gasteiger partial charge in [0.2, 0.25) is 5.91 Å². The molecule has 118 valence electrons. The third kappa shape index (κ3) is 5.50. The molecule has 0 N–H and O–H groups in total. The highest BCUT2D eigenvalue weighted by atomic mass is 16.2. The highest BCUT2D eigenvalue weighted by Crippen LogP contribution is 2.25. The van der Waals surface area contributed by atoms with E-state index in [2.05, 4.69) is 64.0 Å². The molecule has 0 aromatic heterocycles. The number of rotatable bonds is 6. The second-order valence-electron chi connectivity index (χ2n) is 6.85. The fourth-order valence-electron chi connectivity index (χ4n) is 2.28. The van der Waals surface area contributed by atoms with Crippen LogP contribution in [0.15, 0.2) is 24.3 Å². The summed E-state index contributed by atoms with van der Waals surface area (Å²) in [6, 6.07) is 8.42. The maximum atomic E-state index is 12.2. The number of benzene rings is 1. The van der Waals surface area contributed by atoms with Gasteiger partial charge in [-0.2, -0.15) is 0 Å². The Labute approximate surface area is 129 Å². The Bertz CT molecular complexity index is 443. The number of carbonyl (C=O) groups excluding carboxylic acids is 1. The van der Waals surface area contributed by atoms with E-state index >= 15 is 0 Å². The summed E-state index contributed by atoms with van der Waals surface area (Å²) in [5.41, 5.74) is 2.44. The minimum Gasteiger partial charge on any atom is -0.312 e. The van der Waals surface area contributed by atoms with E-state index in [-0.39, 0.29) is 11.3 Å². The molecule has 0 atom stereocenters. The van der Waals surface area contributed by atoms with Crippen LogP contribution in [0.25, 0.3) is 0 Å². The molecular weight excluding hydrogens is 260 g/mol. The summed E-state index contributed by atoms with van der Waals surface area (Å²) in [6.45, 7) is 10.3. The number of anilines is 1. The summed E-state index contributed by atoms with van der Waals surface area (Å²) >= 11 is 0. The average molecular weight is 290 g/mol. The summed E-state index contributed by atoms with van der Waals surface area (Å²) in [5.74, 6) is 0.192. The van der Waals surface area contributed by atoms with Crippen molar-refractivity contribution in [1.82, 2.24) is 4.90 Å². The fourth-order valence-corrected chi connectivity index (χ4v) is 2.28. The predicted molar refractivity (Wildman–Crippen MR) is 91.0 cm³/mol. The van der Waals surface area contributed by atoms with Crippen LogP contribution < -0.4 is 4.90 Å². The standard InChI is InChI=1S/C18H30N2O/c1-7-17(21)20(14-8-13-19(5)6)16-11-9-15(10-12-16)18(2,3)4/h9-12H,7-8,13-14H2,1-6H3. The zero-order chi connectivity index (χ0) is 16.0. The first kappa shape index (κ1) is 17.7. The molecule has 1 aromatic carbocycles. The van der Waals surface area contributed by atoms with Crippen molar-refractivity contribution in [2.45, 2.75) is 46.0 Å². The van der Waals surface area contributed by atoms with Crippen molar-refractivity contribution >= 4 is 11.6 Å². The van der Waals surface area contributed by atoms with Crippen LogP contribution in [-0.4, -0.2) is 38.0 Å². The zero-order valence-electron chi connectivity index (χ0n) is 14.4. The Hall–Kier alpha value is -1.35. The van der Waals surface area contributed by atoms with Crippen LogP contribution in [0, 0.1) is 0 Å². The maximum absolute atomic E-state index is 12.2. The number of hydrogen-bond donors (Lipinski definition) is 0. The fraction of sp³-hybridized carbons (Fsp3) is 0.611. The minimum atomic E-state index is 0.142. The molecule has 0 spiro atoms. The van der Waals surface area contributed by atoms with Gasteiger partial charge in [-0.15, -0.1) is 0 Å². The molecular formula is C18H30N2O. The molecule has 0 saturated carbocycles. The van der Waals surface area contributed by atoms with Crippen LogP contribution in [0.3, 0.4) is 0 Å². The lowest BCUT2D eigenvalue weighted by Crippen LogP contribution is -2.32. The predicted octanol–water partition coefficient (Wildman–Crippen LogP) is 3.68. The van der Waals surface area contributed by atoms with Crippen LogP contribution in [0.2, 0.25) is 0 Å². The van der Waals surface area contributed by atoms with Crippen molar-refractivity contribution < 1.29 is 4.79 Å². The Balaban J connectivity index is 2.85. The lowest BCUT2D eigenvalue weighted by Gasteiger charge is -2.25. The summed E-state index contributed by atoms with van der Waals surface area (Å²) in [4.78, 5) is 16.2. The SMILES string of the molecule is CCC(=O)N(CCCN(C)C)c1ccc(C(C)(C)C)cc1. The maximum Gasteiger partial charge on any atom is 0.226 e. The van der Waals surface area contributed by atoms with Gasteiger partial charge in [0, 0.05) is 18.7 Å². The summed E-state index contributed by atoms with van der Waals surface area (Å²) in [6.07, 6.45) is 1.53. The van der Waals surface area contributed by atoms with Crippen LogP contribution in [0.5, 0.6) is 0 Å². The van der Waals surface area contributed by atoms with Crippen molar-refractivity contribution in [2.75, 3.05) is 32.1 Å². The smallest absolute Gasteiger partial charge is 0.226 e. The number of nitrogens with zero attached hydrogens (tertiary/aromatic N) is 2. The van der Waals surface area contributed by atoms with Gasteiger partial charge in [-0.3, -0.25) is 4.79 Å². The molecule has 0 aliphatic rings. The van der Waals surface area contributed by atoms with E-state index in [1.165, 1.54) is 5.56 Å². The lowest BCUT2D eigenvalue weighted by molar-refractivity contribution is -0.118. The molecule has 0 fully saturated rings. The topological polar surface area (TPSA) is 23.6 Å². The van der Waals surface area contributed by atoms with Crippen molar-refractivity contribution in [3.63, 3.8) is 0 Å². The summed E-state index contributed by atoms with van der Waals surface area (Å²) < 4.78 is 0. The molecule has 0 aliphatic carbocycles. The molecule has 0 aliphatic heterocycles. The van der Waals surface area contributed by atoms with E-state index in [1.54, 1.807) is 0 Å². The van der Waals surface area contributed by atoms with Gasteiger partial charge in [-0.25, -0.2) is 0 Å². The monoisotopic (exact) mass is 290 g/mol. The van der Waals surface area contributed by atoms with Gasteiger partial charge in [-0.05, 0) is 50.2 Å². The number of amides is 1. The van der Waals surface area contributed by atoms with Crippen molar-refractivity contribution in [1.29, 1.82) is 0 Å². The van der Waals surface area contributed by atoms with Crippen molar-refractivity contribution in [2.24, 2.45) is 0 Å². The molecule has 3 heteroatoms. The molecule has 0 saturated heterocycles. The Morgan fingerprint density at radius 1 is 1.05 bits per heavy atom. The van der Waals surface area contributed by atoms with Gasteiger partial charge in [0.25, 0.3) is 0 Å². The molecule has 0 bridgehead atoms. The Morgan fingerprint density at radius 3 is 2.05 bits per heavy atom. The van der Waals surface area contributed by atoms with Gasteiger partial charge in [-0.1, -0.05) is 39.8 Å². The van der Waals surface area contributed by atoms with Gasteiger partial charge < -0.3 is 9.80 Å². The largest absolute Gasteiger partial charge is 0.312 e. The van der Waals surface area contributed by atoms with Gasteiger partial charge in [0.05, 0.1) is 0 Å². The average Bonchev–Trinajstić information content (AvgIpc) is 2.42. The van der Waals surface area contributed by atoms with Crippen LogP contribution in [-0.2, 0) is 10.2 Å². The van der Waals surface area contributed by atoms with E-state index < -0.39 is 0 Å². The van der Waals surface area contributed by atoms with Crippen molar-refractivity contribution in [3.8, 4) is 0 Å². The molecule has 0 radical (unpaired) electrons. The summed E-state index contributed by atoms with van der Waals surface area (Å²) in [7, 11) is 4.12. The highest BCUT2D eigenvalue weighted by Gasteiger charge is 2.16. The van der Waals surface area contributed by atoms with Gasteiger partial charge >= 0.3 is 0 Å². The zero-order valence-corrected chi connectivity index (χ0v) is 14.4. The minimum absolute atomic E-state index is 0.142. The Morgan fingerprint density at radius 2 is 1.62 bits per heavy atom. The van der Waals surface area contributed by atoms with E-state index in [1.807, 2.05) is 11.8 Å². The third-order valence-corrected chi connectivity index (χ3v) is 3.64. The highest BCUT2D eigenvalue weighted by molar-refractivity contribution is 5.93. The van der Waals surface area contributed by atoms with Gasteiger partial charge in [0.15, 0.2) is 0 Å². The lowest BCUT2D eigenvalue weighted by atomic mass is 9.87. The second-order valence-corrected chi connectivity index (χ2v) is 6.85. The number of hydrogen-bond acceptors (Lipinski definition) is 2. The molecule has 1 aromatic rings. The van der Waals surface area contributed by atoms with E-state index in [0.717, 1.165) is 25.2 Å². The van der Waals surface area contributed by atoms with E-state index in [9.17, 15) is 4.79 Å².